The molecule has 0 aromatic heterocycles. The molecular formula is C18H21ClN2O5. The van der Waals surface area contributed by atoms with E-state index in [0.717, 1.165) is 16.2 Å². The summed E-state index contributed by atoms with van der Waals surface area (Å²) in [5.74, 6) is -0.559. The predicted octanol–water partition coefficient (Wildman–Crippen LogP) is 2.96. The first-order valence-electron chi connectivity index (χ1n) is 8.07. The predicted molar refractivity (Wildman–Crippen MR) is 97.3 cm³/mol. The quantitative estimate of drug-likeness (QED) is 0.579. The normalized spacial score (nSPS) is 16.1. The number of likely N-dealkylation sites (N-methyl/N-ethyl adjacent to an activating group) is 2. The molecule has 0 saturated carbocycles. The van der Waals surface area contributed by atoms with E-state index in [1.54, 1.807) is 12.1 Å². The van der Waals surface area contributed by atoms with E-state index >= 15 is 0 Å². The third-order valence-corrected chi connectivity index (χ3v) is 4.38. The summed E-state index contributed by atoms with van der Waals surface area (Å²) in [6, 6.07) is 2.52. The number of ether oxygens (including phenoxy) is 2. The van der Waals surface area contributed by atoms with Crippen molar-refractivity contribution in [3.05, 3.63) is 28.3 Å². The molecule has 26 heavy (non-hydrogen) atoms. The molecule has 140 valence electrons. The molecular weight excluding hydrogens is 360 g/mol. The smallest absolute Gasteiger partial charge is 0.333 e. The summed E-state index contributed by atoms with van der Waals surface area (Å²) in [5.41, 5.74) is 0.347. The number of barbiturate groups is 1. The molecule has 0 aliphatic carbocycles. The molecule has 0 bridgehead atoms. The minimum Gasteiger partial charge on any atom is -0.493 e. The van der Waals surface area contributed by atoms with E-state index in [2.05, 4.69) is 0 Å². The molecule has 0 unspecified atom stereocenters. The van der Waals surface area contributed by atoms with Crippen LogP contribution in [0.5, 0.6) is 11.5 Å². The highest BCUT2D eigenvalue weighted by Gasteiger charge is 2.37. The van der Waals surface area contributed by atoms with Crippen molar-refractivity contribution in [1.82, 2.24) is 9.80 Å². The van der Waals surface area contributed by atoms with Gasteiger partial charge < -0.3 is 9.47 Å². The molecule has 0 N–H and O–H groups in total. The molecule has 2 rings (SSSR count). The van der Waals surface area contributed by atoms with Crippen LogP contribution in [0.1, 0.15) is 25.8 Å². The molecule has 1 atom stereocenters. The number of nitrogens with zero attached hydrogens (tertiary/aromatic N) is 2. The molecule has 4 amide bonds. The van der Waals surface area contributed by atoms with Crippen molar-refractivity contribution in [2.75, 3.05) is 21.2 Å². The lowest BCUT2D eigenvalue weighted by Crippen LogP contribution is -2.52. The van der Waals surface area contributed by atoms with Gasteiger partial charge in [0.25, 0.3) is 11.8 Å². The van der Waals surface area contributed by atoms with Crippen molar-refractivity contribution in [2.24, 2.45) is 0 Å². The molecule has 0 radical (unpaired) electrons. The van der Waals surface area contributed by atoms with Crippen LogP contribution in [0, 0.1) is 0 Å². The van der Waals surface area contributed by atoms with Crippen molar-refractivity contribution in [3.8, 4) is 11.5 Å². The number of carbonyl (C=O) groups excluding carboxylic acids is 3. The van der Waals surface area contributed by atoms with E-state index in [0.29, 0.717) is 22.1 Å². The van der Waals surface area contributed by atoms with Gasteiger partial charge in [-0.2, -0.15) is 0 Å². The first kappa shape index (κ1) is 19.8. The summed E-state index contributed by atoms with van der Waals surface area (Å²) in [4.78, 5) is 38.1. The second kappa shape index (κ2) is 7.78. The van der Waals surface area contributed by atoms with E-state index in [-0.39, 0.29) is 11.7 Å². The van der Waals surface area contributed by atoms with Gasteiger partial charge in [-0.15, -0.1) is 0 Å². The van der Waals surface area contributed by atoms with Gasteiger partial charge in [0.1, 0.15) is 5.57 Å². The third kappa shape index (κ3) is 3.67. The Bertz CT molecular complexity index is 764. The van der Waals surface area contributed by atoms with Crippen molar-refractivity contribution in [1.29, 1.82) is 0 Å². The number of hydrogen-bond donors (Lipinski definition) is 0. The lowest BCUT2D eigenvalue weighted by molar-refractivity contribution is -0.134. The largest absolute Gasteiger partial charge is 0.493 e. The Hall–Kier alpha value is -2.54. The highest BCUT2D eigenvalue weighted by atomic mass is 35.5. The standard InChI is InChI=1S/C18H21ClN2O5/c1-6-10(2)26-15-13(19)8-11(9-14(15)25-5)7-12-16(22)20(3)18(24)21(4)17(12)23/h7-10H,6H2,1-5H3/t10-/m1/s1. The maximum atomic E-state index is 12.3. The Kier molecular flexibility index (Phi) is 5.92. The van der Waals surface area contributed by atoms with Crippen LogP contribution in [-0.4, -0.2) is 55.0 Å². The second-order valence-electron chi connectivity index (χ2n) is 5.94. The van der Waals surface area contributed by atoms with Crippen LogP contribution in [0.4, 0.5) is 4.79 Å². The lowest BCUT2D eigenvalue weighted by Gasteiger charge is -2.28. The summed E-state index contributed by atoms with van der Waals surface area (Å²) >= 11 is 6.31. The van der Waals surface area contributed by atoms with Crippen LogP contribution < -0.4 is 9.47 Å². The zero-order valence-corrected chi connectivity index (χ0v) is 16.1. The number of amides is 4. The fourth-order valence-corrected chi connectivity index (χ4v) is 2.63. The third-order valence-electron chi connectivity index (χ3n) is 4.10. The number of urea groups is 1. The Morgan fingerprint density at radius 3 is 2.23 bits per heavy atom. The van der Waals surface area contributed by atoms with Crippen molar-refractivity contribution >= 4 is 35.5 Å². The van der Waals surface area contributed by atoms with Crippen LogP contribution >= 0.6 is 11.6 Å². The number of rotatable bonds is 5. The lowest BCUT2D eigenvalue weighted by atomic mass is 10.1. The first-order chi connectivity index (χ1) is 12.2. The molecule has 1 aliphatic heterocycles. The van der Waals surface area contributed by atoms with Crippen molar-refractivity contribution < 1.29 is 23.9 Å². The van der Waals surface area contributed by atoms with Crippen molar-refractivity contribution in [3.63, 3.8) is 0 Å². The fourth-order valence-electron chi connectivity index (χ4n) is 2.36. The van der Waals surface area contributed by atoms with Crippen LogP contribution in [0.3, 0.4) is 0 Å². The van der Waals surface area contributed by atoms with E-state index in [4.69, 9.17) is 21.1 Å². The van der Waals surface area contributed by atoms with Gasteiger partial charge in [-0.05, 0) is 37.1 Å². The topological polar surface area (TPSA) is 76.2 Å². The van der Waals surface area contributed by atoms with Gasteiger partial charge in [-0.1, -0.05) is 18.5 Å². The molecule has 1 heterocycles. The molecule has 7 nitrogen and oxygen atoms in total. The molecule has 1 fully saturated rings. The summed E-state index contributed by atoms with van der Waals surface area (Å²) in [6.45, 7) is 3.89. The Morgan fingerprint density at radius 2 is 1.73 bits per heavy atom. The van der Waals surface area contributed by atoms with Crippen LogP contribution in [0.2, 0.25) is 5.02 Å². The molecule has 1 aliphatic rings. The number of hydrogen-bond acceptors (Lipinski definition) is 5. The van der Waals surface area contributed by atoms with Crippen molar-refractivity contribution in [2.45, 2.75) is 26.4 Å². The van der Waals surface area contributed by atoms with Gasteiger partial charge in [-0.25, -0.2) is 4.79 Å². The number of methoxy groups -OCH3 is 1. The maximum Gasteiger partial charge on any atom is 0.333 e. The number of imide groups is 2. The fraction of sp³-hybridized carbons (Fsp3) is 0.389. The van der Waals surface area contributed by atoms with E-state index in [1.807, 2.05) is 13.8 Å². The van der Waals surface area contributed by atoms with E-state index in [9.17, 15) is 14.4 Å². The molecule has 0 spiro atoms. The Labute approximate surface area is 157 Å². The molecule has 8 heteroatoms. The molecule has 1 saturated heterocycles. The van der Waals surface area contributed by atoms with Gasteiger partial charge in [0.05, 0.1) is 18.2 Å². The number of carbonyl (C=O) groups is 3. The van der Waals surface area contributed by atoms with Gasteiger partial charge in [0.2, 0.25) is 0 Å². The molecule has 1 aromatic carbocycles. The zero-order chi connectivity index (χ0) is 19.6. The summed E-state index contributed by atoms with van der Waals surface area (Å²) in [5, 5.41) is 0.296. The monoisotopic (exact) mass is 380 g/mol. The van der Waals surface area contributed by atoms with Gasteiger partial charge >= 0.3 is 6.03 Å². The first-order valence-corrected chi connectivity index (χ1v) is 8.45. The summed E-state index contributed by atoms with van der Waals surface area (Å²) in [6.07, 6.45) is 2.12. The number of benzene rings is 1. The Balaban J connectivity index is 2.47. The van der Waals surface area contributed by atoms with Crippen LogP contribution in [0.25, 0.3) is 6.08 Å². The van der Waals surface area contributed by atoms with Gasteiger partial charge in [0, 0.05) is 14.1 Å². The summed E-state index contributed by atoms with van der Waals surface area (Å²) in [7, 11) is 4.11. The number of halogens is 1. The summed E-state index contributed by atoms with van der Waals surface area (Å²) < 4.78 is 11.1. The van der Waals surface area contributed by atoms with Crippen LogP contribution in [0.15, 0.2) is 17.7 Å². The van der Waals surface area contributed by atoms with Crippen LogP contribution in [-0.2, 0) is 9.59 Å². The minimum atomic E-state index is -0.676. The highest BCUT2D eigenvalue weighted by Crippen LogP contribution is 2.38. The highest BCUT2D eigenvalue weighted by molar-refractivity contribution is 6.33. The molecule has 1 aromatic rings. The zero-order valence-electron chi connectivity index (χ0n) is 15.3. The SMILES string of the molecule is CC[C@@H](C)Oc1c(Cl)cc(C=C2C(=O)N(C)C(=O)N(C)C2=O)cc1OC. The van der Waals surface area contributed by atoms with E-state index < -0.39 is 17.8 Å². The minimum absolute atomic E-state index is 0.0552. The van der Waals surface area contributed by atoms with Gasteiger partial charge in [-0.3, -0.25) is 19.4 Å². The second-order valence-corrected chi connectivity index (χ2v) is 6.35. The van der Waals surface area contributed by atoms with E-state index in [1.165, 1.54) is 27.3 Å². The average Bonchev–Trinajstić information content (AvgIpc) is 2.63. The maximum absolute atomic E-state index is 12.3. The van der Waals surface area contributed by atoms with Gasteiger partial charge in [0.15, 0.2) is 11.5 Å². The average molecular weight is 381 g/mol. The Morgan fingerprint density at radius 1 is 1.15 bits per heavy atom.